The summed E-state index contributed by atoms with van der Waals surface area (Å²) in [6, 6.07) is 6.42. The second kappa shape index (κ2) is 8.39. The first-order valence-corrected chi connectivity index (χ1v) is 8.75. The minimum Gasteiger partial charge on any atom is -0.356 e. The van der Waals surface area contributed by atoms with Crippen LogP contribution in [0.1, 0.15) is 26.2 Å². The van der Waals surface area contributed by atoms with Crippen LogP contribution in [-0.2, 0) is 14.8 Å². The molecular weight excluding hydrogens is 344 g/mol. The van der Waals surface area contributed by atoms with Crippen molar-refractivity contribution in [2.45, 2.75) is 31.1 Å². The first-order chi connectivity index (χ1) is 9.45. The Hall–Kier alpha value is -0.920. The Morgan fingerprint density at radius 1 is 1.30 bits per heavy atom. The monoisotopic (exact) mass is 362 g/mol. The molecule has 0 atom stereocenters. The van der Waals surface area contributed by atoms with Gasteiger partial charge in [0.25, 0.3) is 0 Å². The highest BCUT2D eigenvalue weighted by Gasteiger charge is 2.14. The molecule has 0 aliphatic rings. The second-order valence-corrected chi connectivity index (χ2v) is 6.99. The summed E-state index contributed by atoms with van der Waals surface area (Å²) in [4.78, 5) is 11.6. The lowest BCUT2D eigenvalue weighted by Gasteiger charge is -2.07. The number of hydrogen-bond acceptors (Lipinski definition) is 3. The van der Waals surface area contributed by atoms with E-state index in [0.717, 1.165) is 12.8 Å². The summed E-state index contributed by atoms with van der Waals surface area (Å²) in [7, 11) is -3.56. The predicted octanol–water partition coefficient (Wildman–Crippen LogP) is 2.03. The predicted molar refractivity (Wildman–Crippen MR) is 81.9 cm³/mol. The summed E-state index contributed by atoms with van der Waals surface area (Å²) in [6.45, 7) is 2.76. The Morgan fingerprint density at radius 3 is 2.70 bits per heavy atom. The minimum atomic E-state index is -3.56. The van der Waals surface area contributed by atoms with E-state index >= 15 is 0 Å². The van der Waals surface area contributed by atoms with E-state index in [9.17, 15) is 13.2 Å². The van der Waals surface area contributed by atoms with Crippen LogP contribution in [0.15, 0.2) is 33.6 Å². The number of halogens is 1. The van der Waals surface area contributed by atoms with E-state index in [1.807, 2.05) is 6.92 Å². The lowest BCUT2D eigenvalue weighted by atomic mass is 10.3. The number of amides is 1. The standard InChI is InChI=1S/C13H19BrN2O3S/c1-2-3-8-15-13(17)7-9-16-20(18,19)12-6-4-5-11(14)10-12/h4-6,10,16H,2-3,7-9H2,1H3,(H,15,17). The number of rotatable bonds is 8. The van der Waals surface area contributed by atoms with Gasteiger partial charge < -0.3 is 5.32 Å². The fourth-order valence-corrected chi connectivity index (χ4v) is 3.14. The molecule has 0 aliphatic carbocycles. The van der Waals surface area contributed by atoms with Gasteiger partial charge in [-0.1, -0.05) is 35.3 Å². The molecule has 0 saturated heterocycles. The van der Waals surface area contributed by atoms with Crippen LogP contribution in [0.3, 0.4) is 0 Å². The summed E-state index contributed by atoms with van der Waals surface area (Å²) < 4.78 is 27.0. The van der Waals surface area contributed by atoms with Crippen LogP contribution in [0.5, 0.6) is 0 Å². The van der Waals surface area contributed by atoms with Crippen LogP contribution in [0.2, 0.25) is 0 Å². The Morgan fingerprint density at radius 2 is 2.05 bits per heavy atom. The molecule has 112 valence electrons. The van der Waals surface area contributed by atoms with Gasteiger partial charge in [0.15, 0.2) is 0 Å². The number of sulfonamides is 1. The number of benzene rings is 1. The van der Waals surface area contributed by atoms with Crippen molar-refractivity contribution in [3.8, 4) is 0 Å². The molecule has 1 aromatic rings. The van der Waals surface area contributed by atoms with Gasteiger partial charge in [0, 0.05) is 24.0 Å². The molecule has 7 heteroatoms. The molecule has 0 fully saturated rings. The molecule has 0 aliphatic heterocycles. The zero-order valence-electron chi connectivity index (χ0n) is 11.4. The van der Waals surface area contributed by atoms with Gasteiger partial charge in [-0.05, 0) is 24.6 Å². The number of unbranched alkanes of at least 4 members (excludes halogenated alkanes) is 1. The molecule has 0 saturated carbocycles. The quantitative estimate of drug-likeness (QED) is 0.694. The van der Waals surface area contributed by atoms with Gasteiger partial charge in [-0.25, -0.2) is 13.1 Å². The third-order valence-corrected chi connectivity index (χ3v) is 4.55. The molecule has 0 aromatic heterocycles. The largest absolute Gasteiger partial charge is 0.356 e. The molecule has 1 aromatic carbocycles. The maximum Gasteiger partial charge on any atom is 0.240 e. The summed E-state index contributed by atoms with van der Waals surface area (Å²) in [6.07, 6.45) is 2.07. The highest BCUT2D eigenvalue weighted by Crippen LogP contribution is 2.15. The van der Waals surface area contributed by atoms with Gasteiger partial charge in [-0.15, -0.1) is 0 Å². The van der Waals surface area contributed by atoms with E-state index in [2.05, 4.69) is 26.0 Å². The lowest BCUT2D eigenvalue weighted by molar-refractivity contribution is -0.120. The first-order valence-electron chi connectivity index (χ1n) is 6.47. The Kier molecular flexibility index (Phi) is 7.18. The molecule has 0 radical (unpaired) electrons. The first kappa shape index (κ1) is 17.1. The van der Waals surface area contributed by atoms with Gasteiger partial charge >= 0.3 is 0 Å². The van der Waals surface area contributed by atoms with Gasteiger partial charge in [0.05, 0.1) is 4.90 Å². The zero-order chi connectivity index (χ0) is 15.0. The summed E-state index contributed by atoms with van der Waals surface area (Å²) in [5.74, 6) is -0.143. The number of carbonyl (C=O) groups excluding carboxylic acids is 1. The van der Waals surface area contributed by atoms with Gasteiger partial charge in [-0.3, -0.25) is 4.79 Å². The minimum absolute atomic E-state index is 0.0901. The molecule has 0 spiro atoms. The fraction of sp³-hybridized carbons (Fsp3) is 0.462. The van der Waals surface area contributed by atoms with Gasteiger partial charge in [-0.2, -0.15) is 0 Å². The highest BCUT2D eigenvalue weighted by molar-refractivity contribution is 9.10. The second-order valence-electron chi connectivity index (χ2n) is 4.31. The summed E-state index contributed by atoms with van der Waals surface area (Å²) >= 11 is 3.22. The van der Waals surface area contributed by atoms with E-state index in [4.69, 9.17) is 0 Å². The molecule has 1 rings (SSSR count). The van der Waals surface area contributed by atoms with Crippen molar-refractivity contribution in [2.24, 2.45) is 0 Å². The van der Waals surface area contributed by atoms with Crippen LogP contribution in [0, 0.1) is 0 Å². The highest BCUT2D eigenvalue weighted by atomic mass is 79.9. The van der Waals surface area contributed by atoms with E-state index in [-0.39, 0.29) is 23.8 Å². The number of nitrogens with one attached hydrogen (secondary N) is 2. The molecule has 2 N–H and O–H groups in total. The van der Waals surface area contributed by atoms with Crippen molar-refractivity contribution in [3.05, 3.63) is 28.7 Å². The average molecular weight is 363 g/mol. The lowest BCUT2D eigenvalue weighted by Crippen LogP contribution is -2.31. The van der Waals surface area contributed by atoms with Crippen molar-refractivity contribution < 1.29 is 13.2 Å². The molecule has 0 bridgehead atoms. The van der Waals surface area contributed by atoms with Gasteiger partial charge in [0.2, 0.25) is 15.9 Å². The van der Waals surface area contributed by atoms with Crippen molar-refractivity contribution in [3.63, 3.8) is 0 Å². The number of carbonyl (C=O) groups is 1. The Bertz CT molecular complexity index is 546. The van der Waals surface area contributed by atoms with Gasteiger partial charge in [0.1, 0.15) is 0 Å². The van der Waals surface area contributed by atoms with Crippen LogP contribution in [-0.4, -0.2) is 27.4 Å². The molecule has 1 amide bonds. The van der Waals surface area contributed by atoms with Crippen LogP contribution in [0.4, 0.5) is 0 Å². The van der Waals surface area contributed by atoms with Crippen molar-refractivity contribution in [1.82, 2.24) is 10.0 Å². The van der Waals surface area contributed by atoms with Crippen LogP contribution < -0.4 is 10.0 Å². The number of hydrogen-bond donors (Lipinski definition) is 2. The van der Waals surface area contributed by atoms with E-state index in [1.54, 1.807) is 12.1 Å². The molecule has 0 unspecified atom stereocenters. The SMILES string of the molecule is CCCCNC(=O)CCNS(=O)(=O)c1cccc(Br)c1. The maximum absolute atomic E-state index is 12.0. The van der Waals surface area contributed by atoms with Crippen LogP contribution in [0.25, 0.3) is 0 Å². The fourth-order valence-electron chi connectivity index (χ4n) is 1.51. The summed E-state index contributed by atoms with van der Waals surface area (Å²) in [5, 5.41) is 2.74. The third kappa shape index (κ3) is 6.02. The van der Waals surface area contributed by atoms with E-state index in [1.165, 1.54) is 12.1 Å². The van der Waals surface area contributed by atoms with E-state index in [0.29, 0.717) is 11.0 Å². The molecular formula is C13H19BrN2O3S. The zero-order valence-corrected chi connectivity index (χ0v) is 13.8. The molecule has 20 heavy (non-hydrogen) atoms. The molecule has 5 nitrogen and oxygen atoms in total. The molecule has 0 heterocycles. The van der Waals surface area contributed by atoms with Crippen molar-refractivity contribution in [1.29, 1.82) is 0 Å². The van der Waals surface area contributed by atoms with Crippen molar-refractivity contribution in [2.75, 3.05) is 13.1 Å². The topological polar surface area (TPSA) is 75.3 Å². The third-order valence-electron chi connectivity index (χ3n) is 2.60. The Balaban J connectivity index is 2.43. The Labute approximate surface area is 128 Å². The van der Waals surface area contributed by atoms with E-state index < -0.39 is 10.0 Å². The summed E-state index contributed by atoms with van der Waals surface area (Å²) in [5.41, 5.74) is 0. The smallest absolute Gasteiger partial charge is 0.240 e. The maximum atomic E-state index is 12.0. The van der Waals surface area contributed by atoms with Crippen LogP contribution >= 0.6 is 15.9 Å². The average Bonchev–Trinajstić information content (AvgIpc) is 2.39. The normalized spacial score (nSPS) is 11.3. The van der Waals surface area contributed by atoms with Crippen molar-refractivity contribution >= 4 is 31.9 Å².